The Morgan fingerprint density at radius 1 is 1.25 bits per heavy atom. The summed E-state index contributed by atoms with van der Waals surface area (Å²) in [6.07, 6.45) is -0.803. The second kappa shape index (κ2) is 6.50. The van der Waals surface area contributed by atoms with E-state index in [2.05, 4.69) is 22.2 Å². The lowest BCUT2D eigenvalue weighted by molar-refractivity contribution is -0.145. The van der Waals surface area contributed by atoms with Crippen molar-refractivity contribution >= 4 is 16.7 Å². The fraction of sp³-hybridized carbons (Fsp3) is 0.312. The molecular weight excluding hydrogens is 254 g/mol. The van der Waals surface area contributed by atoms with E-state index in [0.717, 1.165) is 10.9 Å². The van der Waals surface area contributed by atoms with Crippen molar-refractivity contribution < 1.29 is 14.6 Å². The minimum Gasteiger partial charge on any atom is -0.468 e. The van der Waals surface area contributed by atoms with Crippen LogP contribution in [-0.2, 0) is 16.1 Å². The van der Waals surface area contributed by atoms with Crippen LogP contribution in [-0.4, -0.2) is 30.3 Å². The van der Waals surface area contributed by atoms with Crippen LogP contribution < -0.4 is 5.32 Å². The Morgan fingerprint density at radius 2 is 1.95 bits per heavy atom. The number of aliphatic hydroxyl groups excluding tert-OH is 1. The molecule has 4 heteroatoms. The quantitative estimate of drug-likeness (QED) is 0.816. The summed E-state index contributed by atoms with van der Waals surface area (Å²) >= 11 is 0. The third kappa shape index (κ3) is 3.35. The number of hydrogen-bond donors (Lipinski definition) is 2. The number of hydrogen-bond acceptors (Lipinski definition) is 4. The molecule has 0 bridgehead atoms. The zero-order valence-electron chi connectivity index (χ0n) is 11.7. The lowest BCUT2D eigenvalue weighted by atomic mass is 10.1. The van der Waals surface area contributed by atoms with Crippen molar-refractivity contribution in [3.05, 3.63) is 48.0 Å². The van der Waals surface area contributed by atoms with Crippen molar-refractivity contribution in [3.8, 4) is 0 Å². The standard InChI is InChI=1S/C16H19NO3/c1-11(18)15(16(19)20-2)17-10-12-7-8-13-5-3-4-6-14(13)9-12/h3-9,11,15,17-18H,10H2,1-2H3/t11-,15+/m0/s1. The van der Waals surface area contributed by atoms with E-state index in [4.69, 9.17) is 0 Å². The molecule has 106 valence electrons. The topological polar surface area (TPSA) is 58.6 Å². The van der Waals surface area contributed by atoms with Gasteiger partial charge in [-0.15, -0.1) is 0 Å². The highest BCUT2D eigenvalue weighted by atomic mass is 16.5. The molecule has 0 aromatic heterocycles. The largest absolute Gasteiger partial charge is 0.468 e. The number of carbonyl (C=O) groups excluding carboxylic acids is 1. The number of carbonyl (C=O) groups is 1. The molecule has 2 N–H and O–H groups in total. The molecule has 2 atom stereocenters. The van der Waals surface area contributed by atoms with Crippen LogP contribution in [0.4, 0.5) is 0 Å². The van der Waals surface area contributed by atoms with Gasteiger partial charge in [-0.3, -0.25) is 10.1 Å². The van der Waals surface area contributed by atoms with E-state index < -0.39 is 18.1 Å². The maximum Gasteiger partial charge on any atom is 0.325 e. The number of rotatable bonds is 5. The van der Waals surface area contributed by atoms with Gasteiger partial charge >= 0.3 is 5.97 Å². The number of methoxy groups -OCH3 is 1. The zero-order valence-corrected chi connectivity index (χ0v) is 11.7. The Hall–Kier alpha value is -1.91. The first kappa shape index (κ1) is 14.5. The molecule has 0 fully saturated rings. The van der Waals surface area contributed by atoms with Gasteiger partial charge in [0.15, 0.2) is 0 Å². The van der Waals surface area contributed by atoms with Crippen molar-refractivity contribution in [1.82, 2.24) is 5.32 Å². The normalized spacial score (nSPS) is 13.9. The monoisotopic (exact) mass is 273 g/mol. The number of benzene rings is 2. The summed E-state index contributed by atoms with van der Waals surface area (Å²) in [6, 6.07) is 13.5. The number of aliphatic hydroxyl groups is 1. The Labute approximate surface area is 118 Å². The summed E-state index contributed by atoms with van der Waals surface area (Å²) in [5, 5.41) is 15.0. The van der Waals surface area contributed by atoms with Crippen molar-refractivity contribution in [2.45, 2.75) is 25.6 Å². The summed E-state index contributed by atoms with van der Waals surface area (Å²) < 4.78 is 4.67. The van der Waals surface area contributed by atoms with Crippen LogP contribution in [0.5, 0.6) is 0 Å². The van der Waals surface area contributed by atoms with Gasteiger partial charge in [0.1, 0.15) is 6.04 Å². The molecule has 0 radical (unpaired) electrons. The third-order valence-corrected chi connectivity index (χ3v) is 3.28. The molecule has 0 unspecified atom stereocenters. The fourth-order valence-corrected chi connectivity index (χ4v) is 2.15. The Morgan fingerprint density at radius 3 is 2.60 bits per heavy atom. The summed E-state index contributed by atoms with van der Waals surface area (Å²) in [5.41, 5.74) is 1.05. The first-order valence-electron chi connectivity index (χ1n) is 6.59. The molecule has 2 aromatic carbocycles. The molecule has 0 saturated heterocycles. The van der Waals surface area contributed by atoms with Gasteiger partial charge in [-0.25, -0.2) is 0 Å². The minimum absolute atomic E-state index is 0.458. The number of esters is 1. The lowest BCUT2D eigenvalue weighted by Gasteiger charge is -2.19. The van der Waals surface area contributed by atoms with Gasteiger partial charge in [0.2, 0.25) is 0 Å². The summed E-state index contributed by atoms with van der Waals surface area (Å²) in [5.74, 6) is -0.458. The average molecular weight is 273 g/mol. The van der Waals surface area contributed by atoms with Gasteiger partial charge in [-0.1, -0.05) is 36.4 Å². The summed E-state index contributed by atoms with van der Waals surface area (Å²) in [6.45, 7) is 2.06. The van der Waals surface area contributed by atoms with Gasteiger partial charge in [0.25, 0.3) is 0 Å². The molecule has 0 heterocycles. The van der Waals surface area contributed by atoms with Crippen molar-refractivity contribution in [2.75, 3.05) is 7.11 Å². The lowest BCUT2D eigenvalue weighted by Crippen LogP contribution is -2.45. The molecule has 4 nitrogen and oxygen atoms in total. The summed E-state index contributed by atoms with van der Waals surface area (Å²) in [7, 11) is 1.31. The first-order chi connectivity index (χ1) is 9.61. The smallest absolute Gasteiger partial charge is 0.325 e. The zero-order chi connectivity index (χ0) is 14.5. The second-order valence-electron chi connectivity index (χ2n) is 4.80. The molecule has 0 saturated carbocycles. The van der Waals surface area contributed by atoms with Gasteiger partial charge in [0.05, 0.1) is 13.2 Å². The maximum absolute atomic E-state index is 11.5. The molecule has 2 rings (SSSR count). The van der Waals surface area contributed by atoms with E-state index in [9.17, 15) is 9.90 Å². The SMILES string of the molecule is COC(=O)[C@H](NCc1ccc2ccccc2c1)[C@H](C)O. The van der Waals surface area contributed by atoms with Gasteiger partial charge in [-0.2, -0.15) is 0 Å². The van der Waals surface area contributed by atoms with E-state index in [0.29, 0.717) is 6.54 Å². The second-order valence-corrected chi connectivity index (χ2v) is 4.80. The minimum atomic E-state index is -0.803. The number of ether oxygens (including phenoxy) is 1. The van der Waals surface area contributed by atoms with Gasteiger partial charge in [-0.05, 0) is 29.3 Å². The van der Waals surface area contributed by atoms with Crippen LogP contribution in [0.1, 0.15) is 12.5 Å². The predicted molar refractivity (Wildman–Crippen MR) is 78.3 cm³/mol. The summed E-state index contributed by atoms with van der Waals surface area (Å²) in [4.78, 5) is 11.5. The van der Waals surface area contributed by atoms with E-state index in [1.165, 1.54) is 12.5 Å². The highest BCUT2D eigenvalue weighted by Gasteiger charge is 2.23. The van der Waals surface area contributed by atoms with Crippen LogP contribution in [0.3, 0.4) is 0 Å². The van der Waals surface area contributed by atoms with Crippen molar-refractivity contribution in [1.29, 1.82) is 0 Å². The molecule has 0 aliphatic rings. The van der Waals surface area contributed by atoms with Gasteiger partial charge < -0.3 is 9.84 Å². The van der Waals surface area contributed by atoms with Crippen LogP contribution >= 0.6 is 0 Å². The maximum atomic E-state index is 11.5. The third-order valence-electron chi connectivity index (χ3n) is 3.28. The van der Waals surface area contributed by atoms with Crippen LogP contribution in [0, 0.1) is 0 Å². The molecule has 20 heavy (non-hydrogen) atoms. The predicted octanol–water partition coefficient (Wildman–Crippen LogP) is 1.85. The van der Waals surface area contributed by atoms with Crippen LogP contribution in [0.2, 0.25) is 0 Å². The van der Waals surface area contributed by atoms with E-state index in [1.54, 1.807) is 6.92 Å². The van der Waals surface area contributed by atoms with E-state index >= 15 is 0 Å². The van der Waals surface area contributed by atoms with Crippen molar-refractivity contribution in [3.63, 3.8) is 0 Å². The molecular formula is C16H19NO3. The molecule has 0 aliphatic heterocycles. The van der Waals surface area contributed by atoms with Crippen LogP contribution in [0.25, 0.3) is 10.8 Å². The number of fused-ring (bicyclic) bond motifs is 1. The number of nitrogens with one attached hydrogen (secondary N) is 1. The molecule has 0 aliphatic carbocycles. The Kier molecular flexibility index (Phi) is 4.71. The average Bonchev–Trinajstić information content (AvgIpc) is 2.46. The molecule has 0 amide bonds. The van der Waals surface area contributed by atoms with E-state index in [-0.39, 0.29) is 0 Å². The van der Waals surface area contributed by atoms with E-state index in [1.807, 2.05) is 30.3 Å². The Bertz CT molecular complexity index is 595. The van der Waals surface area contributed by atoms with Crippen molar-refractivity contribution in [2.24, 2.45) is 0 Å². The molecule has 2 aromatic rings. The molecule has 0 spiro atoms. The van der Waals surface area contributed by atoms with Gasteiger partial charge in [0, 0.05) is 6.54 Å². The highest BCUT2D eigenvalue weighted by Crippen LogP contribution is 2.15. The fourth-order valence-electron chi connectivity index (χ4n) is 2.15. The first-order valence-corrected chi connectivity index (χ1v) is 6.59. The van der Waals surface area contributed by atoms with Crippen LogP contribution in [0.15, 0.2) is 42.5 Å². The highest BCUT2D eigenvalue weighted by molar-refractivity contribution is 5.83. The Balaban J connectivity index is 2.09.